The van der Waals surface area contributed by atoms with Crippen LogP contribution in [0, 0.1) is 0 Å². The zero-order valence-electron chi connectivity index (χ0n) is 13.4. The Kier molecular flexibility index (Phi) is 5.37. The Balaban J connectivity index is 1.54. The molecular weight excluding hydrogens is 330 g/mol. The molecule has 8 heteroatoms. The number of anilines is 1. The van der Waals surface area contributed by atoms with Gasteiger partial charge in [0.25, 0.3) is 5.91 Å². The number of ether oxygens (including phenoxy) is 2. The Labute approximate surface area is 144 Å². The lowest BCUT2D eigenvalue weighted by atomic mass is 10.2. The normalized spacial score (nSPS) is 20.7. The van der Waals surface area contributed by atoms with Crippen LogP contribution < -0.4 is 10.1 Å². The number of nitrogens with zero attached hydrogens (tertiary/aromatic N) is 2. The number of amides is 2. The molecule has 0 aliphatic carbocycles. The van der Waals surface area contributed by atoms with Crippen LogP contribution in [-0.2, 0) is 14.3 Å². The van der Waals surface area contributed by atoms with Crippen LogP contribution in [-0.4, -0.2) is 60.5 Å². The van der Waals surface area contributed by atoms with Crippen LogP contribution in [0.3, 0.4) is 0 Å². The van der Waals surface area contributed by atoms with E-state index < -0.39 is 5.25 Å². The highest BCUT2D eigenvalue weighted by molar-refractivity contribution is 8.15. The number of carbonyl (C=O) groups is 2. The van der Waals surface area contributed by atoms with E-state index >= 15 is 0 Å². The standard InChI is InChI=1S/C16H19N3O4S/c1-22-12-4-2-3-11(9-12)17-14(20)10-13-15(21)18-16(24-13)19-5-7-23-8-6-19/h2-4,9,13H,5-8,10H2,1H3,(H,17,20)/t13-/m1/s1. The lowest BCUT2D eigenvalue weighted by molar-refractivity contribution is -0.121. The van der Waals surface area contributed by atoms with Gasteiger partial charge in [0, 0.05) is 31.3 Å². The Morgan fingerprint density at radius 3 is 3.00 bits per heavy atom. The van der Waals surface area contributed by atoms with Gasteiger partial charge in [-0.25, -0.2) is 0 Å². The summed E-state index contributed by atoms with van der Waals surface area (Å²) < 4.78 is 10.4. The molecule has 1 saturated heterocycles. The maximum atomic E-state index is 12.2. The summed E-state index contributed by atoms with van der Waals surface area (Å²) >= 11 is 1.36. The molecule has 128 valence electrons. The Morgan fingerprint density at radius 1 is 1.46 bits per heavy atom. The molecule has 2 amide bonds. The van der Waals surface area contributed by atoms with Gasteiger partial charge in [0.15, 0.2) is 5.17 Å². The van der Waals surface area contributed by atoms with Gasteiger partial charge in [0.2, 0.25) is 5.91 Å². The molecule has 2 heterocycles. The minimum atomic E-state index is -0.464. The predicted octanol–water partition coefficient (Wildman–Crippen LogP) is 1.35. The van der Waals surface area contributed by atoms with Gasteiger partial charge in [-0.05, 0) is 12.1 Å². The number of carbonyl (C=O) groups excluding carboxylic acids is 2. The van der Waals surface area contributed by atoms with E-state index in [9.17, 15) is 9.59 Å². The molecule has 1 aromatic carbocycles. The van der Waals surface area contributed by atoms with E-state index in [1.54, 1.807) is 31.4 Å². The van der Waals surface area contributed by atoms with Crippen molar-refractivity contribution in [1.82, 2.24) is 4.90 Å². The lowest BCUT2D eigenvalue weighted by Crippen LogP contribution is -2.39. The SMILES string of the molecule is COc1cccc(NC(=O)C[C@H]2SC(N3CCOCC3)=NC2=O)c1. The summed E-state index contributed by atoms with van der Waals surface area (Å²) in [6.45, 7) is 2.72. The number of benzene rings is 1. The Hall–Kier alpha value is -2.06. The molecule has 7 nitrogen and oxygen atoms in total. The first kappa shape index (κ1) is 16.8. The van der Waals surface area contributed by atoms with Crippen molar-refractivity contribution in [3.8, 4) is 5.75 Å². The highest BCUT2D eigenvalue weighted by Gasteiger charge is 2.33. The Morgan fingerprint density at radius 2 is 2.25 bits per heavy atom. The molecule has 24 heavy (non-hydrogen) atoms. The van der Waals surface area contributed by atoms with Gasteiger partial charge in [-0.2, -0.15) is 4.99 Å². The van der Waals surface area contributed by atoms with Crippen LogP contribution in [0.2, 0.25) is 0 Å². The van der Waals surface area contributed by atoms with Gasteiger partial charge in [0.05, 0.1) is 20.3 Å². The predicted molar refractivity (Wildman–Crippen MR) is 92.5 cm³/mol. The number of morpholine rings is 1. The molecular formula is C16H19N3O4S. The molecule has 0 bridgehead atoms. The van der Waals surface area contributed by atoms with Crippen molar-refractivity contribution in [2.24, 2.45) is 4.99 Å². The Bertz CT molecular complexity index is 658. The maximum absolute atomic E-state index is 12.2. The second kappa shape index (κ2) is 7.67. The van der Waals surface area contributed by atoms with E-state index in [1.165, 1.54) is 11.8 Å². The highest BCUT2D eigenvalue weighted by atomic mass is 32.2. The third-order valence-corrected chi connectivity index (χ3v) is 4.95. The average Bonchev–Trinajstić information content (AvgIpc) is 2.96. The molecule has 1 N–H and O–H groups in total. The monoisotopic (exact) mass is 349 g/mol. The van der Waals surface area contributed by atoms with Gasteiger partial charge in [0.1, 0.15) is 11.0 Å². The lowest BCUT2D eigenvalue weighted by Gasteiger charge is -2.27. The number of rotatable bonds is 4. The summed E-state index contributed by atoms with van der Waals surface area (Å²) in [6, 6.07) is 7.11. The smallest absolute Gasteiger partial charge is 0.262 e. The summed E-state index contributed by atoms with van der Waals surface area (Å²) in [5, 5.41) is 3.02. The molecule has 0 radical (unpaired) electrons. The fourth-order valence-corrected chi connectivity index (χ4v) is 3.60. The molecule has 2 aliphatic heterocycles. The van der Waals surface area contributed by atoms with Crippen molar-refractivity contribution in [2.45, 2.75) is 11.7 Å². The summed E-state index contributed by atoms with van der Waals surface area (Å²) in [7, 11) is 1.57. The number of hydrogen-bond donors (Lipinski definition) is 1. The van der Waals surface area contributed by atoms with Crippen LogP contribution in [0.25, 0.3) is 0 Å². The first-order valence-electron chi connectivity index (χ1n) is 7.71. The topological polar surface area (TPSA) is 80.2 Å². The number of nitrogens with one attached hydrogen (secondary N) is 1. The van der Waals surface area contributed by atoms with Crippen molar-refractivity contribution in [2.75, 3.05) is 38.7 Å². The van der Waals surface area contributed by atoms with Gasteiger partial charge in [-0.3, -0.25) is 9.59 Å². The van der Waals surface area contributed by atoms with E-state index in [1.807, 2.05) is 4.90 Å². The van der Waals surface area contributed by atoms with Gasteiger partial charge >= 0.3 is 0 Å². The quantitative estimate of drug-likeness (QED) is 0.884. The third-order valence-electron chi connectivity index (χ3n) is 3.73. The molecule has 2 aliphatic rings. The molecule has 3 rings (SSSR count). The molecule has 1 fully saturated rings. The molecule has 0 aromatic heterocycles. The van der Waals surface area contributed by atoms with Crippen molar-refractivity contribution in [1.29, 1.82) is 0 Å². The van der Waals surface area contributed by atoms with E-state index in [4.69, 9.17) is 9.47 Å². The average molecular weight is 349 g/mol. The second-order valence-corrected chi connectivity index (χ2v) is 6.59. The fraction of sp³-hybridized carbons (Fsp3) is 0.438. The van der Waals surface area contributed by atoms with Gasteiger partial charge in [-0.15, -0.1) is 0 Å². The number of methoxy groups -OCH3 is 1. The van der Waals surface area contributed by atoms with Crippen molar-refractivity contribution >= 4 is 34.4 Å². The maximum Gasteiger partial charge on any atom is 0.262 e. The van der Waals surface area contributed by atoms with Crippen LogP contribution in [0.5, 0.6) is 5.75 Å². The molecule has 1 atom stereocenters. The summed E-state index contributed by atoms with van der Waals surface area (Å²) in [5.74, 6) is 0.201. The van der Waals surface area contributed by atoms with Crippen LogP contribution in [0.1, 0.15) is 6.42 Å². The number of thioether (sulfide) groups is 1. The minimum Gasteiger partial charge on any atom is -0.497 e. The first-order chi connectivity index (χ1) is 11.7. The molecule has 0 unspecified atom stereocenters. The van der Waals surface area contributed by atoms with E-state index in [-0.39, 0.29) is 18.2 Å². The summed E-state index contributed by atoms with van der Waals surface area (Å²) in [6.07, 6.45) is 0.0953. The van der Waals surface area contributed by atoms with Crippen molar-refractivity contribution < 1.29 is 19.1 Å². The van der Waals surface area contributed by atoms with E-state index in [0.717, 1.165) is 13.1 Å². The number of aliphatic imine (C=N–C) groups is 1. The zero-order valence-corrected chi connectivity index (χ0v) is 14.2. The highest BCUT2D eigenvalue weighted by Crippen LogP contribution is 2.28. The van der Waals surface area contributed by atoms with Crippen molar-refractivity contribution in [3.63, 3.8) is 0 Å². The number of hydrogen-bond acceptors (Lipinski definition) is 6. The third kappa shape index (κ3) is 4.07. The largest absolute Gasteiger partial charge is 0.497 e. The molecule has 0 spiro atoms. The zero-order chi connectivity index (χ0) is 16.9. The molecule has 0 saturated carbocycles. The van der Waals surface area contributed by atoms with Crippen LogP contribution in [0.15, 0.2) is 29.3 Å². The van der Waals surface area contributed by atoms with Crippen LogP contribution >= 0.6 is 11.8 Å². The van der Waals surface area contributed by atoms with E-state index in [2.05, 4.69) is 10.3 Å². The number of amidine groups is 1. The summed E-state index contributed by atoms with van der Waals surface area (Å²) in [5.41, 5.74) is 0.643. The van der Waals surface area contributed by atoms with Gasteiger partial charge in [-0.1, -0.05) is 17.8 Å². The molecule has 1 aromatic rings. The minimum absolute atomic E-state index is 0.0953. The van der Waals surface area contributed by atoms with Crippen molar-refractivity contribution in [3.05, 3.63) is 24.3 Å². The van der Waals surface area contributed by atoms with Crippen LogP contribution in [0.4, 0.5) is 5.69 Å². The fourth-order valence-electron chi connectivity index (χ4n) is 2.48. The van der Waals surface area contributed by atoms with E-state index in [0.29, 0.717) is 29.8 Å². The summed E-state index contributed by atoms with van der Waals surface area (Å²) in [4.78, 5) is 30.4. The second-order valence-electron chi connectivity index (χ2n) is 5.42. The van der Waals surface area contributed by atoms with Gasteiger partial charge < -0.3 is 19.7 Å². The first-order valence-corrected chi connectivity index (χ1v) is 8.59.